The number of alkyl halides is 39. The third-order valence-corrected chi connectivity index (χ3v) is 14.2. The molecule has 43 heteroatoms. The van der Waals surface area contributed by atoms with Crippen LogP contribution in [0.25, 0.3) is 0 Å². The Balaban J connectivity index is 0.00000803. The number of rotatable bonds is 24. The summed E-state index contributed by atoms with van der Waals surface area (Å²) in [6.45, 7) is 0. The SMILES string of the molecule is FC(F)(F)C(F)(F)C(F)(F)C(F)(F)C(F)(F)C(F)(F)CCc1ccc(P(c2ccc(CCC(F)(F)C(F)(F)C(F)(F)C(F)(F)C(F)(F)C(F)(F)F)cc2)c2ccc(CCC(F)(F)C(F)(F)C(F)(F)C(F)(F)C(F)(F)C(F)(F)F)cc2)cc1.[Cl][Pt][Cl]. The van der Waals surface area contributed by atoms with E-state index >= 15 is 0 Å². The maximum atomic E-state index is 14.5. The molecule has 3 aromatic carbocycles. The average molecular weight is 1570 g/mol. The van der Waals surface area contributed by atoms with E-state index in [9.17, 15) is 171 Å². The fourth-order valence-electron chi connectivity index (χ4n) is 6.66. The third-order valence-electron chi connectivity index (χ3n) is 11.8. The fraction of sp³-hybridized carbons (Fsp3) is 0.571. The van der Waals surface area contributed by atoms with E-state index < -0.39 is 187 Å². The summed E-state index contributed by atoms with van der Waals surface area (Å²) in [4.78, 5) is 0. The van der Waals surface area contributed by atoms with Crippen molar-refractivity contribution in [3.63, 3.8) is 0 Å². The van der Waals surface area contributed by atoms with Crippen molar-refractivity contribution in [2.75, 3.05) is 0 Å². The second-order valence-corrected chi connectivity index (χ2v) is 22.9. The van der Waals surface area contributed by atoms with Gasteiger partial charge in [0.1, 0.15) is 0 Å². The van der Waals surface area contributed by atoms with Crippen molar-refractivity contribution in [1.29, 1.82) is 0 Å². The molecule has 0 aliphatic carbocycles. The minimum atomic E-state index is -8.27. The van der Waals surface area contributed by atoms with Gasteiger partial charge in [-0.25, -0.2) is 0 Å². The van der Waals surface area contributed by atoms with E-state index in [1.54, 1.807) is 0 Å². The first kappa shape index (κ1) is 77.7. The molecule has 0 N–H and O–H groups in total. The average Bonchev–Trinajstić information content (AvgIpc) is 3.39. The Morgan fingerprint density at radius 1 is 0.235 bits per heavy atom. The van der Waals surface area contributed by atoms with Gasteiger partial charge in [-0.1, -0.05) is 72.8 Å². The summed E-state index contributed by atoms with van der Waals surface area (Å²) in [5.41, 5.74) is -2.37. The second kappa shape index (κ2) is 24.4. The molecular weight excluding hydrogens is 1540 g/mol. The van der Waals surface area contributed by atoms with Crippen LogP contribution in [-0.4, -0.2) is 107 Å². The normalized spacial score (nSPS) is 15.4. The zero-order valence-electron chi connectivity index (χ0n) is 39.4. The van der Waals surface area contributed by atoms with Gasteiger partial charge in [0, 0.05) is 19.3 Å². The Kier molecular flexibility index (Phi) is 22.3. The number of aryl methyl sites for hydroxylation is 3. The van der Waals surface area contributed by atoms with E-state index in [4.69, 9.17) is 18.8 Å². The summed E-state index contributed by atoms with van der Waals surface area (Å²) in [6.07, 6.45) is -36.8. The van der Waals surface area contributed by atoms with E-state index in [0.717, 1.165) is 0 Å². The summed E-state index contributed by atoms with van der Waals surface area (Å²) in [6, 6.07) is 7.32. The van der Waals surface area contributed by atoms with Gasteiger partial charge in [-0.05, 0) is 59.8 Å². The molecule has 0 atom stereocenters. The summed E-state index contributed by atoms with van der Waals surface area (Å²) < 4.78 is 531. The molecule has 0 fully saturated rings. The molecule has 494 valence electrons. The van der Waals surface area contributed by atoms with Crippen molar-refractivity contribution in [2.45, 2.75) is 146 Å². The first-order chi connectivity index (χ1) is 37.3. The Hall–Kier alpha value is -3.37. The zero-order valence-corrected chi connectivity index (χ0v) is 44.1. The van der Waals surface area contributed by atoms with Gasteiger partial charge in [0.15, 0.2) is 0 Å². The van der Waals surface area contributed by atoms with Gasteiger partial charge in [-0.3, -0.25) is 0 Å². The van der Waals surface area contributed by atoms with Crippen molar-refractivity contribution in [3.05, 3.63) is 89.5 Å². The van der Waals surface area contributed by atoms with Crippen LogP contribution in [0.4, 0.5) is 171 Å². The van der Waals surface area contributed by atoms with Crippen LogP contribution in [-0.2, 0) is 35.7 Å². The van der Waals surface area contributed by atoms with Crippen molar-refractivity contribution in [3.8, 4) is 0 Å². The predicted octanol–water partition coefficient (Wildman–Crippen LogP) is 18.8. The molecule has 0 unspecified atom stereocenters. The van der Waals surface area contributed by atoms with Gasteiger partial charge in [0.2, 0.25) is 0 Å². The first-order valence-electron chi connectivity index (χ1n) is 21.1. The number of hydrogen-bond acceptors (Lipinski definition) is 0. The van der Waals surface area contributed by atoms with Crippen molar-refractivity contribution in [1.82, 2.24) is 0 Å². The van der Waals surface area contributed by atoms with Crippen LogP contribution >= 0.6 is 26.8 Å². The molecule has 3 aromatic rings. The summed E-state index contributed by atoms with van der Waals surface area (Å²) in [5, 5.41) is -1.02. The third kappa shape index (κ3) is 13.6. The van der Waals surface area contributed by atoms with Gasteiger partial charge < -0.3 is 0 Å². The Morgan fingerprint density at radius 2 is 0.376 bits per heavy atom. The molecule has 0 amide bonds. The van der Waals surface area contributed by atoms with E-state index in [1.165, 1.54) is 0 Å². The van der Waals surface area contributed by atoms with Crippen LogP contribution in [0, 0.1) is 0 Å². The molecule has 85 heavy (non-hydrogen) atoms. The van der Waals surface area contributed by atoms with E-state index in [2.05, 4.69) is 0 Å². The van der Waals surface area contributed by atoms with Crippen LogP contribution in [0.2, 0.25) is 0 Å². The topological polar surface area (TPSA) is 0 Å². The predicted molar refractivity (Wildman–Crippen MR) is 214 cm³/mol. The molecule has 0 bridgehead atoms. The molecule has 0 aromatic heterocycles. The number of benzene rings is 3. The monoisotopic (exact) mass is 1570 g/mol. The standard InChI is InChI=1S/C42H24F39P.2ClH.Pt/c43-25(44,28(49,50)31(55,56)34(61,62)37(67,68)40(73,74)75)16-13-19-1-7-22(8-2-19)82(23-9-3-20(4-10-23)14-17-26(45,46)29(51,52)32(57,58)35(63,64)38(69,70)41(76,77)78)24-11-5-21(6-12-24)15-18-27(47,48)30(53,54)33(59,60)36(65,66)39(71,72)42(79,80)81;;;/h1-12H,13-18H2;2*1H;/q;;;+2/p-2. The zero-order chi connectivity index (χ0) is 67.5. The molecule has 0 radical (unpaired) electrons. The van der Waals surface area contributed by atoms with Crippen LogP contribution < -0.4 is 15.9 Å². The number of halogens is 41. The van der Waals surface area contributed by atoms with Crippen LogP contribution in [0.15, 0.2) is 72.8 Å². The molecule has 3 rings (SSSR count). The summed E-state index contributed by atoms with van der Waals surface area (Å²) in [5.74, 6) is -117. The summed E-state index contributed by atoms with van der Waals surface area (Å²) in [7, 11) is 7.13. The van der Waals surface area contributed by atoms with Crippen molar-refractivity contribution < 1.29 is 188 Å². The molecule has 0 nitrogen and oxygen atoms in total. The second-order valence-electron chi connectivity index (χ2n) is 17.4. The first-order valence-corrected chi connectivity index (χ1v) is 28.1. The molecular formula is C42H24Cl2F39PPt. The van der Waals surface area contributed by atoms with Crippen molar-refractivity contribution >= 4 is 42.7 Å². The van der Waals surface area contributed by atoms with E-state index in [0.29, 0.717) is 72.8 Å². The number of hydrogen-bond donors (Lipinski definition) is 0. The molecule has 0 aliphatic heterocycles. The van der Waals surface area contributed by atoms with Gasteiger partial charge in [-0.2, -0.15) is 171 Å². The van der Waals surface area contributed by atoms with Crippen molar-refractivity contribution in [2.24, 2.45) is 0 Å². The molecule has 0 saturated heterocycles. The Morgan fingerprint density at radius 3 is 0.518 bits per heavy atom. The van der Waals surface area contributed by atoms with Gasteiger partial charge in [-0.15, -0.1) is 0 Å². The quantitative estimate of drug-likeness (QED) is 0.0619. The van der Waals surface area contributed by atoms with Crippen LogP contribution in [0.5, 0.6) is 0 Å². The Labute approximate surface area is 464 Å². The molecule has 0 spiro atoms. The molecule has 0 aliphatic rings. The Bertz CT molecular complexity index is 2390. The van der Waals surface area contributed by atoms with E-state index in [-0.39, 0.29) is 15.9 Å². The van der Waals surface area contributed by atoms with Gasteiger partial charge in [0.25, 0.3) is 0 Å². The fourth-order valence-corrected chi connectivity index (χ4v) is 8.90. The van der Waals surface area contributed by atoms with Crippen LogP contribution in [0.1, 0.15) is 36.0 Å². The van der Waals surface area contributed by atoms with Crippen LogP contribution in [0.3, 0.4) is 0 Å². The van der Waals surface area contributed by atoms with Gasteiger partial charge in [0.05, 0.1) is 0 Å². The molecule has 0 heterocycles. The van der Waals surface area contributed by atoms with E-state index in [1.807, 2.05) is 0 Å². The maximum absolute atomic E-state index is 14.5. The van der Waals surface area contributed by atoms with Gasteiger partial charge >= 0.3 is 143 Å². The minimum absolute atomic E-state index is 0.341. The molecule has 0 saturated carbocycles. The summed E-state index contributed by atoms with van der Waals surface area (Å²) >= 11 is -0.472.